The SMILES string of the molecule is COC(=O)c1ccc(OCC=C(C)CCC=C(C)C)cc1. The molecule has 3 heteroatoms. The first-order chi connectivity index (χ1) is 10.0. The minimum absolute atomic E-state index is 0.337. The summed E-state index contributed by atoms with van der Waals surface area (Å²) in [4.78, 5) is 11.3. The van der Waals surface area contributed by atoms with Crippen LogP contribution in [0, 0.1) is 0 Å². The monoisotopic (exact) mass is 288 g/mol. The van der Waals surface area contributed by atoms with Gasteiger partial charge >= 0.3 is 5.97 Å². The number of carbonyl (C=O) groups is 1. The van der Waals surface area contributed by atoms with E-state index >= 15 is 0 Å². The average molecular weight is 288 g/mol. The van der Waals surface area contributed by atoms with Crippen molar-refractivity contribution in [3.05, 3.63) is 53.1 Å². The van der Waals surface area contributed by atoms with Gasteiger partial charge in [-0.3, -0.25) is 0 Å². The summed E-state index contributed by atoms with van der Waals surface area (Å²) < 4.78 is 10.3. The topological polar surface area (TPSA) is 35.5 Å². The summed E-state index contributed by atoms with van der Waals surface area (Å²) in [5.74, 6) is 0.410. The maximum Gasteiger partial charge on any atom is 0.337 e. The summed E-state index contributed by atoms with van der Waals surface area (Å²) in [6.45, 7) is 6.88. The molecule has 0 saturated carbocycles. The highest BCUT2D eigenvalue weighted by Crippen LogP contribution is 2.13. The van der Waals surface area contributed by atoms with Crippen molar-refractivity contribution in [3.8, 4) is 5.75 Å². The number of allylic oxidation sites excluding steroid dienone is 3. The van der Waals surface area contributed by atoms with Crippen molar-refractivity contribution in [2.45, 2.75) is 33.6 Å². The lowest BCUT2D eigenvalue weighted by atomic mass is 10.1. The summed E-state index contributed by atoms with van der Waals surface area (Å²) in [7, 11) is 1.37. The molecular formula is C18H24O3. The Labute approximate surface area is 127 Å². The molecule has 0 aromatic heterocycles. The van der Waals surface area contributed by atoms with Crippen molar-refractivity contribution in [2.75, 3.05) is 13.7 Å². The highest BCUT2D eigenvalue weighted by molar-refractivity contribution is 5.89. The number of benzene rings is 1. The summed E-state index contributed by atoms with van der Waals surface area (Å²) in [5.41, 5.74) is 3.20. The lowest BCUT2D eigenvalue weighted by Crippen LogP contribution is -2.01. The van der Waals surface area contributed by atoms with E-state index in [0.717, 1.165) is 18.6 Å². The van der Waals surface area contributed by atoms with Gasteiger partial charge in [0.05, 0.1) is 12.7 Å². The molecule has 0 unspecified atom stereocenters. The van der Waals surface area contributed by atoms with Crippen LogP contribution in [0.1, 0.15) is 44.0 Å². The third kappa shape index (κ3) is 6.80. The molecule has 114 valence electrons. The molecular weight excluding hydrogens is 264 g/mol. The van der Waals surface area contributed by atoms with E-state index in [1.165, 1.54) is 18.3 Å². The fourth-order valence-electron chi connectivity index (χ4n) is 1.78. The van der Waals surface area contributed by atoms with Gasteiger partial charge in [0.25, 0.3) is 0 Å². The van der Waals surface area contributed by atoms with Crippen LogP contribution in [-0.2, 0) is 4.74 Å². The van der Waals surface area contributed by atoms with Gasteiger partial charge in [-0.15, -0.1) is 0 Å². The highest BCUT2D eigenvalue weighted by atomic mass is 16.5. The van der Waals surface area contributed by atoms with Crippen molar-refractivity contribution in [2.24, 2.45) is 0 Å². The first-order valence-corrected chi connectivity index (χ1v) is 7.13. The molecule has 0 amide bonds. The number of ether oxygens (including phenoxy) is 2. The van der Waals surface area contributed by atoms with Gasteiger partial charge in [-0.25, -0.2) is 4.79 Å². The number of carbonyl (C=O) groups excluding carboxylic acids is 1. The van der Waals surface area contributed by atoms with Gasteiger partial charge < -0.3 is 9.47 Å². The molecule has 1 rings (SSSR count). The Hall–Kier alpha value is -2.03. The first kappa shape index (κ1) is 17.0. The second-order valence-corrected chi connectivity index (χ2v) is 5.20. The van der Waals surface area contributed by atoms with Crippen LogP contribution in [0.5, 0.6) is 5.75 Å². The fraction of sp³-hybridized carbons (Fsp3) is 0.389. The van der Waals surface area contributed by atoms with Gasteiger partial charge in [0.1, 0.15) is 12.4 Å². The van der Waals surface area contributed by atoms with E-state index < -0.39 is 0 Å². The maximum atomic E-state index is 11.3. The predicted octanol–water partition coefficient (Wildman–Crippen LogP) is 4.54. The maximum absolute atomic E-state index is 11.3. The van der Waals surface area contributed by atoms with Crippen molar-refractivity contribution < 1.29 is 14.3 Å². The zero-order chi connectivity index (χ0) is 15.7. The predicted molar refractivity (Wildman–Crippen MR) is 85.7 cm³/mol. The van der Waals surface area contributed by atoms with Crippen LogP contribution in [0.2, 0.25) is 0 Å². The third-order valence-electron chi connectivity index (χ3n) is 3.05. The van der Waals surface area contributed by atoms with E-state index in [1.807, 2.05) is 0 Å². The molecule has 21 heavy (non-hydrogen) atoms. The second-order valence-electron chi connectivity index (χ2n) is 5.20. The van der Waals surface area contributed by atoms with Gasteiger partial charge in [0.2, 0.25) is 0 Å². The largest absolute Gasteiger partial charge is 0.490 e. The summed E-state index contributed by atoms with van der Waals surface area (Å²) in [6, 6.07) is 6.95. The van der Waals surface area contributed by atoms with Crippen LogP contribution in [0.15, 0.2) is 47.6 Å². The summed E-state index contributed by atoms with van der Waals surface area (Å²) >= 11 is 0. The minimum Gasteiger partial charge on any atom is -0.490 e. The second kappa shape index (κ2) is 9.01. The summed E-state index contributed by atoms with van der Waals surface area (Å²) in [6.07, 6.45) is 6.45. The molecule has 0 heterocycles. The van der Waals surface area contributed by atoms with Crippen LogP contribution in [0.25, 0.3) is 0 Å². The number of hydrogen-bond acceptors (Lipinski definition) is 3. The lowest BCUT2D eigenvalue weighted by Gasteiger charge is -2.05. The van der Waals surface area contributed by atoms with Crippen LogP contribution in [0.4, 0.5) is 0 Å². The Morgan fingerprint density at radius 1 is 1.10 bits per heavy atom. The molecule has 0 bridgehead atoms. The first-order valence-electron chi connectivity index (χ1n) is 7.13. The van der Waals surface area contributed by atoms with E-state index in [2.05, 4.69) is 37.7 Å². The molecule has 0 spiro atoms. The molecule has 0 aliphatic carbocycles. The number of hydrogen-bond donors (Lipinski definition) is 0. The van der Waals surface area contributed by atoms with Gasteiger partial charge in [-0.05, 0) is 64.0 Å². The molecule has 0 atom stereocenters. The Bertz CT molecular complexity index is 506. The van der Waals surface area contributed by atoms with E-state index in [1.54, 1.807) is 24.3 Å². The zero-order valence-corrected chi connectivity index (χ0v) is 13.3. The standard InChI is InChI=1S/C18H24O3/c1-14(2)6-5-7-15(3)12-13-21-17-10-8-16(9-11-17)18(19)20-4/h6,8-12H,5,7,13H2,1-4H3. The van der Waals surface area contributed by atoms with E-state index in [9.17, 15) is 4.79 Å². The molecule has 0 fully saturated rings. The third-order valence-corrected chi connectivity index (χ3v) is 3.05. The smallest absolute Gasteiger partial charge is 0.337 e. The van der Waals surface area contributed by atoms with Crippen molar-refractivity contribution >= 4 is 5.97 Å². The molecule has 1 aromatic carbocycles. The van der Waals surface area contributed by atoms with E-state index in [-0.39, 0.29) is 5.97 Å². The van der Waals surface area contributed by atoms with Crippen LogP contribution >= 0.6 is 0 Å². The van der Waals surface area contributed by atoms with Crippen molar-refractivity contribution in [1.82, 2.24) is 0 Å². The highest BCUT2D eigenvalue weighted by Gasteiger charge is 2.04. The van der Waals surface area contributed by atoms with Crippen molar-refractivity contribution in [3.63, 3.8) is 0 Å². The summed E-state index contributed by atoms with van der Waals surface area (Å²) in [5, 5.41) is 0. The molecule has 0 aliphatic rings. The van der Waals surface area contributed by atoms with Crippen LogP contribution < -0.4 is 4.74 Å². The van der Waals surface area contributed by atoms with Gasteiger partial charge in [0.15, 0.2) is 0 Å². The van der Waals surface area contributed by atoms with E-state index in [4.69, 9.17) is 4.74 Å². The zero-order valence-electron chi connectivity index (χ0n) is 13.3. The fourth-order valence-corrected chi connectivity index (χ4v) is 1.78. The normalized spacial score (nSPS) is 11.0. The molecule has 0 N–H and O–H groups in total. The Morgan fingerprint density at radius 3 is 2.33 bits per heavy atom. The molecule has 0 saturated heterocycles. The molecule has 0 aliphatic heterocycles. The van der Waals surface area contributed by atoms with Gasteiger partial charge in [-0.2, -0.15) is 0 Å². The van der Waals surface area contributed by atoms with Gasteiger partial charge in [-0.1, -0.05) is 17.2 Å². The number of esters is 1. The lowest BCUT2D eigenvalue weighted by molar-refractivity contribution is 0.0600. The van der Waals surface area contributed by atoms with Crippen LogP contribution in [0.3, 0.4) is 0 Å². The molecule has 1 aromatic rings. The Morgan fingerprint density at radius 2 is 1.76 bits per heavy atom. The van der Waals surface area contributed by atoms with Crippen molar-refractivity contribution in [1.29, 1.82) is 0 Å². The molecule has 3 nitrogen and oxygen atoms in total. The number of methoxy groups -OCH3 is 1. The van der Waals surface area contributed by atoms with Gasteiger partial charge in [0, 0.05) is 0 Å². The number of rotatable bonds is 7. The average Bonchev–Trinajstić information content (AvgIpc) is 2.46. The minimum atomic E-state index is -0.337. The Balaban J connectivity index is 2.41. The van der Waals surface area contributed by atoms with E-state index in [0.29, 0.717) is 12.2 Å². The Kier molecular flexibility index (Phi) is 7.30. The quantitative estimate of drug-likeness (QED) is 0.545. The van der Waals surface area contributed by atoms with Crippen LogP contribution in [-0.4, -0.2) is 19.7 Å². The molecule has 0 radical (unpaired) electrons.